The van der Waals surface area contributed by atoms with Crippen molar-refractivity contribution in [3.63, 3.8) is 0 Å². The van der Waals surface area contributed by atoms with Gasteiger partial charge in [0.1, 0.15) is 18.3 Å². The summed E-state index contributed by atoms with van der Waals surface area (Å²) in [5.41, 5.74) is 1.09. The molecule has 0 heterocycles. The van der Waals surface area contributed by atoms with E-state index in [2.05, 4.69) is 21.2 Å². The van der Waals surface area contributed by atoms with Crippen molar-refractivity contribution in [3.05, 3.63) is 88.9 Å². The molecule has 1 saturated carbocycles. The third-order valence-electron chi connectivity index (χ3n) is 7.31. The van der Waals surface area contributed by atoms with E-state index in [0.717, 1.165) is 46.4 Å². The van der Waals surface area contributed by atoms with Crippen molar-refractivity contribution in [2.24, 2.45) is 0 Å². The molecule has 4 rings (SSSR count). The number of benzene rings is 3. The van der Waals surface area contributed by atoms with Gasteiger partial charge in [-0.3, -0.25) is 13.9 Å². The SMILES string of the molecule is COc1cccc(N(CC(=O)N(Cc2cccc(Br)c2)C(C)C(=O)NC2CCCCC2)S(=O)(=O)c2ccccc2)c1. The van der Waals surface area contributed by atoms with Crippen LogP contribution in [0.1, 0.15) is 44.6 Å². The molecule has 10 heteroatoms. The third kappa shape index (κ3) is 7.89. The van der Waals surface area contributed by atoms with Crippen molar-refractivity contribution in [2.45, 2.75) is 62.6 Å². The average molecular weight is 643 g/mol. The number of halogens is 1. The van der Waals surface area contributed by atoms with Crippen molar-refractivity contribution in [2.75, 3.05) is 18.0 Å². The van der Waals surface area contributed by atoms with E-state index in [1.165, 1.54) is 24.1 Å². The summed E-state index contributed by atoms with van der Waals surface area (Å²) in [7, 11) is -2.64. The standard InChI is InChI=1S/C31H36BrN3O5S/c1-23(31(37)33-26-13-5-3-6-14-26)34(21-24-11-9-12-25(32)19-24)30(36)22-35(27-15-10-16-28(20-27)40-2)41(38,39)29-17-7-4-8-18-29/h4,7-12,15-20,23,26H,3,5-6,13-14,21-22H2,1-2H3,(H,33,37). The number of nitrogens with zero attached hydrogens (tertiary/aromatic N) is 2. The first-order valence-electron chi connectivity index (χ1n) is 13.7. The Bertz CT molecular complexity index is 1440. The largest absolute Gasteiger partial charge is 0.497 e. The van der Waals surface area contributed by atoms with Gasteiger partial charge in [0, 0.05) is 23.1 Å². The molecule has 3 aromatic carbocycles. The van der Waals surface area contributed by atoms with E-state index < -0.39 is 28.5 Å². The topological polar surface area (TPSA) is 96.0 Å². The first kappa shape index (κ1) is 30.6. The summed E-state index contributed by atoms with van der Waals surface area (Å²) in [6.45, 7) is 1.32. The average Bonchev–Trinajstić information content (AvgIpc) is 2.99. The van der Waals surface area contributed by atoms with Gasteiger partial charge < -0.3 is 15.0 Å². The smallest absolute Gasteiger partial charge is 0.264 e. The number of sulfonamides is 1. The Kier molecular flexibility index (Phi) is 10.4. The molecule has 8 nitrogen and oxygen atoms in total. The highest BCUT2D eigenvalue weighted by atomic mass is 79.9. The predicted molar refractivity (Wildman–Crippen MR) is 163 cm³/mol. The fraction of sp³-hybridized carbons (Fsp3) is 0.355. The highest BCUT2D eigenvalue weighted by Crippen LogP contribution is 2.28. The van der Waals surface area contributed by atoms with Crippen LogP contribution in [0.4, 0.5) is 5.69 Å². The summed E-state index contributed by atoms with van der Waals surface area (Å²) in [4.78, 5) is 29.0. The molecule has 0 aromatic heterocycles. The minimum absolute atomic E-state index is 0.0530. The fourth-order valence-corrected chi connectivity index (χ4v) is 6.87. The number of anilines is 1. The lowest BCUT2D eigenvalue weighted by molar-refractivity contribution is -0.139. The Hall–Kier alpha value is -3.37. The van der Waals surface area contributed by atoms with E-state index in [0.29, 0.717) is 5.75 Å². The maximum absolute atomic E-state index is 14.1. The predicted octanol–water partition coefficient (Wildman–Crippen LogP) is 5.52. The van der Waals surface area contributed by atoms with Gasteiger partial charge in [0.2, 0.25) is 11.8 Å². The van der Waals surface area contributed by atoms with Crippen LogP contribution < -0.4 is 14.4 Å². The zero-order chi connectivity index (χ0) is 29.4. The minimum atomic E-state index is -4.13. The molecule has 0 spiro atoms. The maximum Gasteiger partial charge on any atom is 0.264 e. The molecule has 3 aromatic rings. The monoisotopic (exact) mass is 641 g/mol. The zero-order valence-electron chi connectivity index (χ0n) is 23.3. The molecule has 1 aliphatic rings. The van der Waals surface area contributed by atoms with Crippen LogP contribution in [-0.2, 0) is 26.2 Å². The highest BCUT2D eigenvalue weighted by Gasteiger charge is 2.33. The van der Waals surface area contributed by atoms with Crippen molar-refractivity contribution < 1.29 is 22.7 Å². The normalized spacial score (nSPS) is 14.6. The molecular formula is C31H36BrN3O5S. The van der Waals surface area contributed by atoms with Gasteiger partial charge in [-0.15, -0.1) is 0 Å². The molecule has 0 radical (unpaired) electrons. The van der Waals surface area contributed by atoms with Crippen molar-refractivity contribution in [3.8, 4) is 5.75 Å². The maximum atomic E-state index is 14.1. The molecule has 41 heavy (non-hydrogen) atoms. The molecule has 1 atom stereocenters. The number of carbonyl (C=O) groups excluding carboxylic acids is 2. The Labute approximate surface area is 250 Å². The second kappa shape index (κ2) is 14.0. The lowest BCUT2D eigenvalue weighted by Crippen LogP contribution is -2.53. The van der Waals surface area contributed by atoms with E-state index in [1.54, 1.807) is 49.4 Å². The lowest BCUT2D eigenvalue weighted by Gasteiger charge is -2.33. The van der Waals surface area contributed by atoms with E-state index in [1.807, 2.05) is 24.3 Å². The summed E-state index contributed by atoms with van der Waals surface area (Å²) >= 11 is 3.48. The van der Waals surface area contributed by atoms with E-state index in [9.17, 15) is 18.0 Å². The van der Waals surface area contributed by atoms with E-state index in [4.69, 9.17) is 4.74 Å². The second-order valence-electron chi connectivity index (χ2n) is 10.2. The van der Waals surface area contributed by atoms with Gasteiger partial charge in [0.15, 0.2) is 0 Å². The van der Waals surface area contributed by atoms with Crippen LogP contribution in [0.2, 0.25) is 0 Å². The quantitative estimate of drug-likeness (QED) is 0.297. The fourth-order valence-electron chi connectivity index (χ4n) is 5.00. The molecule has 0 aliphatic heterocycles. The summed E-state index contributed by atoms with van der Waals surface area (Å²) in [6, 6.07) is 21.3. The number of rotatable bonds is 11. The minimum Gasteiger partial charge on any atom is -0.497 e. The van der Waals surface area contributed by atoms with Gasteiger partial charge in [-0.25, -0.2) is 8.42 Å². The van der Waals surface area contributed by atoms with Crippen molar-refractivity contribution >= 4 is 43.5 Å². The first-order chi connectivity index (χ1) is 19.7. The van der Waals surface area contributed by atoms with E-state index in [-0.39, 0.29) is 29.1 Å². The molecule has 218 valence electrons. The molecule has 1 N–H and O–H groups in total. The van der Waals surface area contributed by atoms with Gasteiger partial charge in [-0.2, -0.15) is 0 Å². The van der Waals surface area contributed by atoms with E-state index >= 15 is 0 Å². The Morgan fingerprint density at radius 2 is 1.68 bits per heavy atom. The number of nitrogens with one attached hydrogen (secondary N) is 1. The number of hydrogen-bond donors (Lipinski definition) is 1. The van der Waals surface area contributed by atoms with Crippen LogP contribution in [-0.4, -0.2) is 50.9 Å². The highest BCUT2D eigenvalue weighted by molar-refractivity contribution is 9.10. The summed E-state index contributed by atoms with van der Waals surface area (Å²) in [5.74, 6) is -0.299. The van der Waals surface area contributed by atoms with Gasteiger partial charge in [0.25, 0.3) is 10.0 Å². The third-order valence-corrected chi connectivity index (χ3v) is 9.59. The van der Waals surface area contributed by atoms with Crippen molar-refractivity contribution in [1.82, 2.24) is 10.2 Å². The summed E-state index contributed by atoms with van der Waals surface area (Å²) in [5, 5.41) is 3.12. The van der Waals surface area contributed by atoms with Crippen LogP contribution in [0, 0.1) is 0 Å². The molecular weight excluding hydrogens is 606 g/mol. The van der Waals surface area contributed by atoms with Crippen LogP contribution in [0.25, 0.3) is 0 Å². The summed E-state index contributed by atoms with van der Waals surface area (Å²) in [6.07, 6.45) is 5.11. The Balaban J connectivity index is 1.68. The lowest BCUT2D eigenvalue weighted by atomic mass is 9.95. The molecule has 0 saturated heterocycles. The zero-order valence-corrected chi connectivity index (χ0v) is 25.7. The van der Waals surface area contributed by atoms with Gasteiger partial charge >= 0.3 is 0 Å². The number of hydrogen-bond acceptors (Lipinski definition) is 5. The first-order valence-corrected chi connectivity index (χ1v) is 16.0. The van der Waals surface area contributed by atoms with Crippen LogP contribution in [0.15, 0.2) is 88.2 Å². The van der Waals surface area contributed by atoms with Crippen molar-refractivity contribution in [1.29, 1.82) is 0 Å². The second-order valence-corrected chi connectivity index (χ2v) is 13.0. The van der Waals surface area contributed by atoms with Gasteiger partial charge in [0.05, 0.1) is 17.7 Å². The number of ether oxygens (including phenoxy) is 1. The van der Waals surface area contributed by atoms with Crippen LogP contribution >= 0.6 is 15.9 Å². The Morgan fingerprint density at radius 3 is 2.37 bits per heavy atom. The Morgan fingerprint density at radius 1 is 0.976 bits per heavy atom. The van der Waals surface area contributed by atoms with Crippen LogP contribution in [0.5, 0.6) is 5.75 Å². The number of amides is 2. The molecule has 0 bridgehead atoms. The molecule has 1 aliphatic carbocycles. The molecule has 2 amide bonds. The number of methoxy groups -OCH3 is 1. The van der Waals surface area contributed by atoms with Gasteiger partial charge in [-0.1, -0.05) is 71.6 Å². The summed E-state index contributed by atoms with van der Waals surface area (Å²) < 4.78 is 35.0. The number of carbonyl (C=O) groups is 2. The molecule has 1 unspecified atom stereocenters. The van der Waals surface area contributed by atoms with Crippen LogP contribution in [0.3, 0.4) is 0 Å². The van der Waals surface area contributed by atoms with Gasteiger partial charge in [-0.05, 0) is 61.7 Å². The molecule has 1 fully saturated rings.